The second-order valence-electron chi connectivity index (χ2n) is 4.28. The highest BCUT2D eigenvalue weighted by Gasteiger charge is 2.27. The third-order valence-corrected chi connectivity index (χ3v) is 3.94. The van der Waals surface area contributed by atoms with Gasteiger partial charge >= 0.3 is 0 Å². The molecule has 0 atom stereocenters. The van der Waals surface area contributed by atoms with Crippen LogP contribution in [0.1, 0.15) is 28.1 Å². The second kappa shape index (κ2) is 4.26. The molecule has 2 rings (SSSR count). The zero-order chi connectivity index (χ0) is 12.6. The van der Waals surface area contributed by atoms with Gasteiger partial charge in [0.05, 0.1) is 5.69 Å². The van der Waals surface area contributed by atoms with Crippen LogP contribution >= 0.6 is 11.3 Å². The Morgan fingerprint density at radius 3 is 2.65 bits per heavy atom. The van der Waals surface area contributed by atoms with E-state index in [2.05, 4.69) is 11.4 Å². The van der Waals surface area contributed by atoms with Crippen LogP contribution in [0.4, 0.5) is 10.7 Å². The number of nitrogen functional groups attached to an aromatic ring is 1. The first-order valence-electron chi connectivity index (χ1n) is 5.35. The standard InChI is InChI=1S/C11H14N4OS/c1-15(2)11-7(5-12)8(13)9(17-11)10(16)14-6-3-4-6/h6H,3-4,13H2,1-2H3,(H,14,16). The van der Waals surface area contributed by atoms with Gasteiger partial charge in [0.1, 0.15) is 21.5 Å². The Morgan fingerprint density at radius 2 is 2.24 bits per heavy atom. The van der Waals surface area contributed by atoms with Gasteiger partial charge in [-0.25, -0.2) is 0 Å². The quantitative estimate of drug-likeness (QED) is 0.843. The second-order valence-corrected chi connectivity index (χ2v) is 5.28. The summed E-state index contributed by atoms with van der Waals surface area (Å²) in [6.07, 6.45) is 2.06. The fourth-order valence-electron chi connectivity index (χ4n) is 1.50. The molecule has 1 amide bonds. The number of nitrogens with two attached hydrogens (primary N) is 1. The summed E-state index contributed by atoms with van der Waals surface area (Å²) in [7, 11) is 3.66. The van der Waals surface area contributed by atoms with Crippen molar-refractivity contribution in [2.24, 2.45) is 0 Å². The Hall–Kier alpha value is -1.74. The van der Waals surface area contributed by atoms with Crippen LogP contribution in [0, 0.1) is 11.3 Å². The molecule has 17 heavy (non-hydrogen) atoms. The maximum absolute atomic E-state index is 11.9. The van der Waals surface area contributed by atoms with E-state index in [1.54, 1.807) is 4.90 Å². The van der Waals surface area contributed by atoms with Crippen molar-refractivity contribution in [2.45, 2.75) is 18.9 Å². The molecule has 1 heterocycles. The molecule has 0 saturated heterocycles. The smallest absolute Gasteiger partial charge is 0.263 e. The van der Waals surface area contributed by atoms with E-state index in [0.29, 0.717) is 16.1 Å². The van der Waals surface area contributed by atoms with Crippen LogP contribution in [0.5, 0.6) is 0 Å². The topological polar surface area (TPSA) is 82.2 Å². The van der Waals surface area contributed by atoms with Crippen LogP contribution in [-0.4, -0.2) is 26.0 Å². The van der Waals surface area contributed by atoms with Crippen LogP contribution in [0.3, 0.4) is 0 Å². The number of rotatable bonds is 3. The molecule has 1 fully saturated rings. The number of anilines is 2. The van der Waals surface area contributed by atoms with Gasteiger partial charge in [-0.1, -0.05) is 0 Å². The summed E-state index contributed by atoms with van der Waals surface area (Å²) >= 11 is 1.26. The first-order valence-corrected chi connectivity index (χ1v) is 6.16. The maximum atomic E-state index is 11.9. The van der Waals surface area contributed by atoms with Crippen molar-refractivity contribution in [3.63, 3.8) is 0 Å². The van der Waals surface area contributed by atoms with Crippen LogP contribution in [-0.2, 0) is 0 Å². The molecule has 1 aromatic heterocycles. The van der Waals surface area contributed by atoms with Crippen molar-refractivity contribution >= 4 is 27.9 Å². The fourth-order valence-corrected chi connectivity index (χ4v) is 2.50. The summed E-state index contributed by atoms with van der Waals surface area (Å²) in [5.74, 6) is -0.167. The van der Waals surface area contributed by atoms with Crippen molar-refractivity contribution < 1.29 is 4.79 Å². The van der Waals surface area contributed by atoms with E-state index in [4.69, 9.17) is 11.0 Å². The summed E-state index contributed by atoms with van der Waals surface area (Å²) in [6.45, 7) is 0. The van der Waals surface area contributed by atoms with E-state index in [9.17, 15) is 4.79 Å². The number of carbonyl (C=O) groups is 1. The number of hydrogen-bond donors (Lipinski definition) is 2. The molecule has 1 aromatic rings. The van der Waals surface area contributed by atoms with Gasteiger partial charge in [-0.15, -0.1) is 11.3 Å². The first kappa shape index (κ1) is 11.7. The molecular formula is C11H14N4OS. The van der Waals surface area contributed by atoms with Crippen molar-refractivity contribution in [1.82, 2.24) is 5.32 Å². The molecule has 1 aliphatic carbocycles. The molecule has 0 bridgehead atoms. The van der Waals surface area contributed by atoms with Gasteiger partial charge in [-0.05, 0) is 12.8 Å². The van der Waals surface area contributed by atoms with Crippen LogP contribution in [0.25, 0.3) is 0 Å². The number of nitrogens with one attached hydrogen (secondary N) is 1. The van der Waals surface area contributed by atoms with Crippen LogP contribution < -0.4 is 16.0 Å². The first-order chi connectivity index (χ1) is 8.04. The molecule has 0 aromatic carbocycles. The van der Waals surface area contributed by atoms with Crippen molar-refractivity contribution in [3.8, 4) is 6.07 Å². The number of nitriles is 1. The fraction of sp³-hybridized carbons (Fsp3) is 0.455. The third kappa shape index (κ3) is 2.19. The molecule has 0 radical (unpaired) electrons. The molecule has 90 valence electrons. The average Bonchev–Trinajstić information content (AvgIpc) is 3.00. The molecule has 3 N–H and O–H groups in total. The van der Waals surface area contributed by atoms with Crippen LogP contribution in [0.2, 0.25) is 0 Å². The third-order valence-electron chi connectivity index (χ3n) is 2.56. The van der Waals surface area contributed by atoms with Gasteiger partial charge in [0.2, 0.25) is 0 Å². The van der Waals surface area contributed by atoms with E-state index in [1.165, 1.54) is 11.3 Å². The number of nitrogens with zero attached hydrogens (tertiary/aromatic N) is 2. The monoisotopic (exact) mass is 250 g/mol. The Kier molecular flexibility index (Phi) is 2.94. The number of hydrogen-bond acceptors (Lipinski definition) is 5. The highest BCUT2D eigenvalue weighted by Crippen LogP contribution is 2.37. The van der Waals surface area contributed by atoms with E-state index in [-0.39, 0.29) is 11.9 Å². The lowest BCUT2D eigenvalue weighted by Crippen LogP contribution is -2.25. The Balaban J connectivity index is 2.34. The predicted molar refractivity (Wildman–Crippen MR) is 68.3 cm³/mol. The Labute approximate surface area is 104 Å². The van der Waals surface area contributed by atoms with Gasteiger partial charge in [-0.2, -0.15) is 5.26 Å². The van der Waals surface area contributed by atoms with Crippen molar-refractivity contribution in [1.29, 1.82) is 5.26 Å². The molecule has 0 unspecified atom stereocenters. The van der Waals surface area contributed by atoms with Crippen molar-refractivity contribution in [3.05, 3.63) is 10.4 Å². The average molecular weight is 250 g/mol. The zero-order valence-electron chi connectivity index (χ0n) is 9.78. The molecule has 6 heteroatoms. The molecular weight excluding hydrogens is 236 g/mol. The van der Waals surface area contributed by atoms with Gasteiger partial charge in [-0.3, -0.25) is 4.79 Å². The van der Waals surface area contributed by atoms with Gasteiger partial charge < -0.3 is 16.0 Å². The predicted octanol–water partition coefficient (Wildman–Crippen LogP) is 1.16. The number of amides is 1. The summed E-state index contributed by atoms with van der Waals surface area (Å²) in [6, 6.07) is 2.34. The SMILES string of the molecule is CN(C)c1sc(C(=O)NC2CC2)c(N)c1C#N. The van der Waals surface area contributed by atoms with Crippen LogP contribution in [0.15, 0.2) is 0 Å². The lowest BCUT2D eigenvalue weighted by Gasteiger charge is -2.08. The molecule has 1 aliphatic rings. The number of thiophene rings is 1. The minimum Gasteiger partial charge on any atom is -0.396 e. The normalized spacial score (nSPS) is 14.2. The Morgan fingerprint density at radius 1 is 1.59 bits per heavy atom. The van der Waals surface area contributed by atoms with Gasteiger partial charge in [0, 0.05) is 20.1 Å². The highest BCUT2D eigenvalue weighted by molar-refractivity contribution is 7.19. The lowest BCUT2D eigenvalue weighted by atomic mass is 10.2. The molecule has 1 saturated carbocycles. The summed E-state index contributed by atoms with van der Waals surface area (Å²) in [5.41, 5.74) is 6.53. The summed E-state index contributed by atoms with van der Waals surface area (Å²) < 4.78 is 0. The highest BCUT2D eigenvalue weighted by atomic mass is 32.1. The van der Waals surface area contributed by atoms with E-state index < -0.39 is 0 Å². The van der Waals surface area contributed by atoms with Gasteiger partial charge in [0.25, 0.3) is 5.91 Å². The maximum Gasteiger partial charge on any atom is 0.263 e. The van der Waals surface area contributed by atoms with Crippen molar-refractivity contribution in [2.75, 3.05) is 24.7 Å². The molecule has 5 nitrogen and oxygen atoms in total. The zero-order valence-corrected chi connectivity index (χ0v) is 10.6. The molecule has 0 spiro atoms. The van der Waals surface area contributed by atoms with E-state index in [0.717, 1.165) is 17.8 Å². The van der Waals surface area contributed by atoms with E-state index in [1.807, 2.05) is 14.1 Å². The minimum atomic E-state index is -0.167. The number of carbonyl (C=O) groups excluding carboxylic acids is 1. The largest absolute Gasteiger partial charge is 0.396 e. The Bertz CT molecular complexity index is 496. The molecule has 0 aliphatic heterocycles. The van der Waals surface area contributed by atoms with Gasteiger partial charge in [0.15, 0.2) is 0 Å². The summed E-state index contributed by atoms with van der Waals surface area (Å²) in [4.78, 5) is 14.2. The van der Waals surface area contributed by atoms with E-state index >= 15 is 0 Å². The lowest BCUT2D eigenvalue weighted by molar-refractivity contribution is 0.0956. The minimum absolute atomic E-state index is 0.167. The summed E-state index contributed by atoms with van der Waals surface area (Å²) in [5, 5.41) is 12.7.